The van der Waals surface area contributed by atoms with Gasteiger partial charge in [-0.2, -0.15) is 0 Å². The molecule has 1 aromatic heterocycles. The maximum Gasteiger partial charge on any atom is 0.250 e. The van der Waals surface area contributed by atoms with Crippen molar-refractivity contribution in [2.24, 2.45) is 5.73 Å². The second-order valence-corrected chi connectivity index (χ2v) is 9.01. The highest BCUT2D eigenvalue weighted by atomic mass is 19.1. The van der Waals surface area contributed by atoms with E-state index < -0.39 is 11.7 Å². The number of carbonyl (C=O) groups excluding carboxylic acids is 2. The van der Waals surface area contributed by atoms with E-state index in [0.29, 0.717) is 35.4 Å². The number of aromatic nitrogens is 1. The van der Waals surface area contributed by atoms with E-state index in [2.05, 4.69) is 16.9 Å². The predicted octanol–water partition coefficient (Wildman–Crippen LogP) is 5.14. The molecular weight excluding hydrogens is 471 g/mol. The van der Waals surface area contributed by atoms with Gasteiger partial charge in [-0.25, -0.2) is 4.39 Å². The third-order valence-electron chi connectivity index (χ3n) is 6.56. The quantitative estimate of drug-likeness (QED) is 0.307. The van der Waals surface area contributed by atoms with E-state index in [0.717, 1.165) is 29.7 Å². The lowest BCUT2D eigenvalue weighted by Crippen LogP contribution is -2.47. The maximum absolute atomic E-state index is 15.7. The number of piperidine rings is 1. The monoisotopic (exact) mass is 498 g/mol. The molecule has 2 amide bonds. The Balaban J connectivity index is 1.56. The molecule has 8 heteroatoms. The number of halogens is 1. The molecule has 0 radical (unpaired) electrons. The Hall–Kier alpha value is -4.59. The van der Waals surface area contributed by atoms with Crippen LogP contribution in [-0.2, 0) is 4.79 Å². The lowest BCUT2D eigenvalue weighted by molar-refractivity contribution is -0.117. The summed E-state index contributed by atoms with van der Waals surface area (Å²) in [7, 11) is 0. The topological polar surface area (TPSA) is 100 Å². The van der Waals surface area contributed by atoms with E-state index in [1.807, 2.05) is 59.5 Å². The molecule has 4 aromatic rings. The Labute approximate surface area is 213 Å². The number of amides is 2. The first-order chi connectivity index (χ1) is 17.9. The number of anilines is 1. The van der Waals surface area contributed by atoms with Gasteiger partial charge in [0.05, 0.1) is 16.8 Å². The molecule has 7 nitrogen and oxygen atoms in total. The van der Waals surface area contributed by atoms with Gasteiger partial charge in [0, 0.05) is 36.3 Å². The fourth-order valence-corrected chi connectivity index (χ4v) is 4.88. The Morgan fingerprint density at radius 2 is 1.86 bits per heavy atom. The smallest absolute Gasteiger partial charge is 0.250 e. The van der Waals surface area contributed by atoms with Gasteiger partial charge in [0.2, 0.25) is 5.91 Å². The molecule has 37 heavy (non-hydrogen) atoms. The summed E-state index contributed by atoms with van der Waals surface area (Å²) in [5, 5.41) is 3.49. The highest BCUT2D eigenvalue weighted by molar-refractivity contribution is 6.13. The first-order valence-corrected chi connectivity index (χ1v) is 12.1. The van der Waals surface area contributed by atoms with Crippen LogP contribution in [0.25, 0.3) is 22.0 Å². The molecule has 0 aliphatic carbocycles. The number of ether oxygens (including phenoxy) is 1. The normalized spacial score (nSPS) is 15.4. The molecule has 5 rings (SSSR count). The zero-order chi connectivity index (χ0) is 25.9. The van der Waals surface area contributed by atoms with Crippen molar-refractivity contribution in [1.82, 2.24) is 10.3 Å². The molecule has 0 spiro atoms. The molecule has 0 bridgehead atoms. The molecular formula is C29H27FN4O3. The van der Waals surface area contributed by atoms with Gasteiger partial charge in [-0.1, -0.05) is 36.9 Å². The summed E-state index contributed by atoms with van der Waals surface area (Å²) in [5.74, 6) is -0.134. The van der Waals surface area contributed by atoms with E-state index in [-0.39, 0.29) is 17.5 Å². The van der Waals surface area contributed by atoms with Crippen molar-refractivity contribution in [2.45, 2.75) is 18.9 Å². The average Bonchev–Trinajstić information content (AvgIpc) is 3.34. The Kier molecular flexibility index (Phi) is 6.64. The van der Waals surface area contributed by atoms with Crippen LogP contribution in [0.4, 0.5) is 10.1 Å². The third kappa shape index (κ3) is 4.91. The number of carbonyl (C=O) groups is 2. The summed E-state index contributed by atoms with van der Waals surface area (Å²) in [6.45, 7) is 4.54. The highest BCUT2D eigenvalue weighted by Gasteiger charge is 2.28. The standard InChI is InChI=1S/C29H27FN4O3/c1-2-25(35)33-19-7-6-14-34(17-19)28-24(30)15-22(29(31)36)27-26(28)23(16-32-27)18-10-12-21(13-11-18)37-20-8-4-3-5-9-20/h2-5,8-13,15-16,19,32H,1,6-7,14,17H2,(H2,31,36)(H,33,35)/t19-/m1/s1. The van der Waals surface area contributed by atoms with Gasteiger partial charge in [-0.3, -0.25) is 9.59 Å². The van der Waals surface area contributed by atoms with E-state index in [1.165, 1.54) is 12.1 Å². The van der Waals surface area contributed by atoms with Gasteiger partial charge >= 0.3 is 0 Å². The fourth-order valence-electron chi connectivity index (χ4n) is 4.88. The van der Waals surface area contributed by atoms with Crippen LogP contribution in [0.15, 0.2) is 79.5 Å². The van der Waals surface area contributed by atoms with Crippen molar-refractivity contribution >= 4 is 28.4 Å². The number of fused-ring (bicyclic) bond motifs is 1. The van der Waals surface area contributed by atoms with Crippen molar-refractivity contribution in [3.63, 3.8) is 0 Å². The minimum absolute atomic E-state index is 0.0834. The van der Waals surface area contributed by atoms with Gasteiger partial charge in [-0.05, 0) is 54.8 Å². The maximum atomic E-state index is 15.7. The van der Waals surface area contributed by atoms with Crippen LogP contribution < -0.4 is 20.7 Å². The average molecular weight is 499 g/mol. The van der Waals surface area contributed by atoms with Crippen molar-refractivity contribution in [3.8, 4) is 22.6 Å². The zero-order valence-electron chi connectivity index (χ0n) is 20.2. The Bertz CT molecular complexity index is 1460. The van der Waals surface area contributed by atoms with Gasteiger partial charge in [-0.15, -0.1) is 0 Å². The van der Waals surface area contributed by atoms with Crippen LogP contribution in [-0.4, -0.2) is 35.9 Å². The molecule has 2 heterocycles. The first kappa shape index (κ1) is 24.1. The first-order valence-electron chi connectivity index (χ1n) is 12.1. The molecule has 0 saturated carbocycles. The van der Waals surface area contributed by atoms with Crippen LogP contribution in [0, 0.1) is 5.82 Å². The summed E-state index contributed by atoms with van der Waals surface area (Å²) >= 11 is 0. The number of rotatable bonds is 7. The number of benzene rings is 3. The summed E-state index contributed by atoms with van der Waals surface area (Å²) in [6, 6.07) is 18.0. The summed E-state index contributed by atoms with van der Waals surface area (Å²) < 4.78 is 21.6. The molecule has 1 aliphatic rings. The van der Waals surface area contributed by atoms with Gasteiger partial charge < -0.3 is 25.7 Å². The Morgan fingerprint density at radius 3 is 2.57 bits per heavy atom. The van der Waals surface area contributed by atoms with Crippen LogP contribution in [0.2, 0.25) is 0 Å². The molecule has 4 N–H and O–H groups in total. The molecule has 1 fully saturated rings. The second-order valence-electron chi connectivity index (χ2n) is 9.01. The summed E-state index contributed by atoms with van der Waals surface area (Å²) in [4.78, 5) is 29.1. The van der Waals surface area contributed by atoms with E-state index in [9.17, 15) is 9.59 Å². The van der Waals surface area contributed by atoms with Gasteiger partial charge in [0.25, 0.3) is 5.91 Å². The third-order valence-corrected chi connectivity index (χ3v) is 6.56. The lowest BCUT2D eigenvalue weighted by atomic mass is 9.98. The predicted molar refractivity (Wildman–Crippen MR) is 142 cm³/mol. The number of nitrogens with two attached hydrogens (primary N) is 1. The highest BCUT2D eigenvalue weighted by Crippen LogP contribution is 2.41. The SMILES string of the molecule is C=CC(=O)N[C@@H]1CCCN(c2c(F)cc(C(N)=O)c3[nH]cc(-c4ccc(Oc5ccccc5)cc4)c23)C1. The molecule has 1 atom stereocenters. The van der Waals surface area contributed by atoms with Crippen LogP contribution >= 0.6 is 0 Å². The minimum atomic E-state index is -0.717. The van der Waals surface area contributed by atoms with Crippen LogP contribution in [0.3, 0.4) is 0 Å². The molecule has 0 unspecified atom stereocenters. The number of nitrogens with one attached hydrogen (secondary N) is 2. The largest absolute Gasteiger partial charge is 0.457 e. The van der Waals surface area contributed by atoms with Gasteiger partial charge in [0.15, 0.2) is 0 Å². The van der Waals surface area contributed by atoms with Crippen LogP contribution in [0.1, 0.15) is 23.2 Å². The number of nitrogens with zero attached hydrogens (tertiary/aromatic N) is 1. The van der Waals surface area contributed by atoms with Crippen LogP contribution in [0.5, 0.6) is 11.5 Å². The molecule has 3 aromatic carbocycles. The number of hydrogen-bond acceptors (Lipinski definition) is 4. The lowest BCUT2D eigenvalue weighted by Gasteiger charge is -2.35. The number of aromatic amines is 1. The number of para-hydroxylation sites is 1. The van der Waals surface area contributed by atoms with E-state index >= 15 is 4.39 Å². The van der Waals surface area contributed by atoms with Crippen molar-refractivity contribution in [3.05, 3.63) is 90.9 Å². The van der Waals surface area contributed by atoms with E-state index in [4.69, 9.17) is 10.5 Å². The second kappa shape index (κ2) is 10.2. The molecule has 188 valence electrons. The van der Waals surface area contributed by atoms with Crippen molar-refractivity contribution in [1.29, 1.82) is 0 Å². The van der Waals surface area contributed by atoms with E-state index in [1.54, 1.807) is 6.20 Å². The molecule has 1 aliphatic heterocycles. The van der Waals surface area contributed by atoms with Crippen molar-refractivity contribution < 1.29 is 18.7 Å². The molecule has 1 saturated heterocycles. The number of H-pyrrole nitrogens is 1. The summed E-state index contributed by atoms with van der Waals surface area (Å²) in [6.07, 6.45) is 4.54. The van der Waals surface area contributed by atoms with Crippen molar-refractivity contribution in [2.75, 3.05) is 18.0 Å². The fraction of sp³-hybridized carbons (Fsp3) is 0.172. The zero-order valence-corrected chi connectivity index (χ0v) is 20.2. The number of hydrogen-bond donors (Lipinski definition) is 3. The minimum Gasteiger partial charge on any atom is -0.457 e. The Morgan fingerprint density at radius 1 is 1.14 bits per heavy atom. The summed E-state index contributed by atoms with van der Waals surface area (Å²) in [5.41, 5.74) is 8.08. The van der Waals surface area contributed by atoms with Gasteiger partial charge in [0.1, 0.15) is 17.3 Å². The number of primary amides is 1.